The van der Waals surface area contributed by atoms with E-state index >= 15 is 0 Å². The predicted octanol–water partition coefficient (Wildman–Crippen LogP) is 6.60. The van der Waals surface area contributed by atoms with Crippen molar-refractivity contribution in [3.63, 3.8) is 0 Å². The molecule has 1 unspecified atom stereocenters. The van der Waals surface area contributed by atoms with Crippen LogP contribution >= 0.6 is 23.2 Å². The lowest BCUT2D eigenvalue weighted by molar-refractivity contribution is 0.252. The number of halogens is 2. The zero-order valence-corrected chi connectivity index (χ0v) is 18.0. The summed E-state index contributed by atoms with van der Waals surface area (Å²) in [5.41, 5.74) is 6.09. The van der Waals surface area contributed by atoms with Crippen LogP contribution in [0.1, 0.15) is 46.2 Å². The van der Waals surface area contributed by atoms with Crippen molar-refractivity contribution < 1.29 is 0 Å². The fourth-order valence-electron chi connectivity index (χ4n) is 4.06. The van der Waals surface area contributed by atoms with Gasteiger partial charge in [-0.15, -0.1) is 11.6 Å². The molecule has 0 saturated carbocycles. The van der Waals surface area contributed by atoms with Gasteiger partial charge in [0.25, 0.3) is 0 Å². The van der Waals surface area contributed by atoms with Crippen molar-refractivity contribution in [2.45, 2.75) is 44.1 Å². The van der Waals surface area contributed by atoms with Crippen LogP contribution in [0.15, 0.2) is 66.7 Å². The molecule has 29 heavy (non-hydrogen) atoms. The van der Waals surface area contributed by atoms with Crippen molar-refractivity contribution in [3.05, 3.63) is 99.8 Å². The molecule has 2 nitrogen and oxygen atoms in total. The number of alkyl halides is 1. The maximum absolute atomic E-state index is 6.78. The Kier molecular flexibility index (Phi) is 6.86. The summed E-state index contributed by atoms with van der Waals surface area (Å²) < 4.78 is 0. The Bertz CT molecular complexity index is 887. The molecular weight excluding hydrogens is 399 g/mol. The molecule has 2 aromatic carbocycles. The average Bonchev–Trinajstić information content (AvgIpc) is 3.23. The van der Waals surface area contributed by atoms with Crippen LogP contribution in [0.4, 0.5) is 0 Å². The van der Waals surface area contributed by atoms with Crippen molar-refractivity contribution >= 4 is 23.2 Å². The standard InChI is InChI=1S/C25H26Cl2N2/c26-23(24-16-21-12-7-13-22(21)25(27)28-24)14-15-29(17-19-8-3-1-4-9-19)18-20-10-5-2-6-11-20/h1-6,8-11,16,23H,7,12-15,17-18H2. The van der Waals surface area contributed by atoms with Gasteiger partial charge in [0.05, 0.1) is 11.1 Å². The van der Waals surface area contributed by atoms with Crippen LogP contribution in [0.25, 0.3) is 0 Å². The lowest BCUT2D eigenvalue weighted by Crippen LogP contribution is -2.25. The number of benzene rings is 2. The van der Waals surface area contributed by atoms with E-state index in [4.69, 9.17) is 23.2 Å². The molecule has 4 heteroatoms. The van der Waals surface area contributed by atoms with E-state index in [2.05, 4.69) is 76.6 Å². The predicted molar refractivity (Wildman–Crippen MR) is 121 cm³/mol. The van der Waals surface area contributed by atoms with Crippen LogP contribution in [0.5, 0.6) is 0 Å². The molecular formula is C25H26Cl2N2. The van der Waals surface area contributed by atoms with Crippen LogP contribution < -0.4 is 0 Å². The van der Waals surface area contributed by atoms with Crippen LogP contribution in [0, 0.1) is 0 Å². The number of hydrogen-bond acceptors (Lipinski definition) is 2. The zero-order chi connectivity index (χ0) is 20.1. The summed E-state index contributed by atoms with van der Waals surface area (Å²) in [6.45, 7) is 2.70. The normalized spacial score (nSPS) is 14.2. The van der Waals surface area contributed by atoms with Crippen LogP contribution in [0.3, 0.4) is 0 Å². The largest absolute Gasteiger partial charge is 0.295 e. The lowest BCUT2D eigenvalue weighted by atomic mass is 10.1. The van der Waals surface area contributed by atoms with E-state index in [0.29, 0.717) is 5.15 Å². The first kappa shape index (κ1) is 20.4. The Hall–Kier alpha value is -1.87. The molecule has 4 rings (SSSR count). The molecule has 1 aliphatic rings. The summed E-state index contributed by atoms with van der Waals surface area (Å²) in [6.07, 6.45) is 4.12. The molecule has 1 aliphatic carbocycles. The molecule has 0 fully saturated rings. The minimum absolute atomic E-state index is 0.132. The maximum Gasteiger partial charge on any atom is 0.132 e. The van der Waals surface area contributed by atoms with Gasteiger partial charge in [-0.05, 0) is 54.0 Å². The van der Waals surface area contributed by atoms with E-state index in [0.717, 1.165) is 51.0 Å². The number of aromatic nitrogens is 1. The summed E-state index contributed by atoms with van der Waals surface area (Å²) in [5.74, 6) is 0. The van der Waals surface area contributed by atoms with Crippen LogP contribution in [0.2, 0.25) is 5.15 Å². The zero-order valence-electron chi connectivity index (χ0n) is 16.5. The van der Waals surface area contributed by atoms with Gasteiger partial charge >= 0.3 is 0 Å². The lowest BCUT2D eigenvalue weighted by Gasteiger charge is -2.24. The summed E-state index contributed by atoms with van der Waals surface area (Å²) in [5, 5.41) is 0.513. The number of rotatable bonds is 8. The molecule has 0 radical (unpaired) electrons. The summed E-state index contributed by atoms with van der Waals surface area (Å²) in [6, 6.07) is 23.4. The third kappa shape index (κ3) is 5.39. The van der Waals surface area contributed by atoms with Crippen molar-refractivity contribution in [1.29, 1.82) is 0 Å². The highest BCUT2D eigenvalue weighted by Crippen LogP contribution is 2.32. The van der Waals surface area contributed by atoms with Crippen LogP contribution in [-0.2, 0) is 25.9 Å². The van der Waals surface area contributed by atoms with Gasteiger partial charge in [0, 0.05) is 19.6 Å². The van der Waals surface area contributed by atoms with Crippen molar-refractivity contribution in [2.24, 2.45) is 0 Å². The first-order valence-electron chi connectivity index (χ1n) is 10.3. The Balaban J connectivity index is 1.45. The second kappa shape index (κ2) is 9.75. The quantitative estimate of drug-likeness (QED) is 0.299. The van der Waals surface area contributed by atoms with E-state index in [1.165, 1.54) is 22.3 Å². The van der Waals surface area contributed by atoms with Gasteiger partial charge in [0.1, 0.15) is 5.15 Å². The fourth-order valence-corrected chi connectivity index (χ4v) is 4.58. The number of aryl methyl sites for hydroxylation is 1. The molecule has 1 atom stereocenters. The van der Waals surface area contributed by atoms with E-state index < -0.39 is 0 Å². The SMILES string of the molecule is Clc1nc(C(Cl)CCN(Cc2ccccc2)Cc2ccccc2)cc2c1CCC2. The highest BCUT2D eigenvalue weighted by Gasteiger charge is 2.20. The summed E-state index contributed by atoms with van der Waals surface area (Å²) in [4.78, 5) is 7.06. The van der Waals surface area contributed by atoms with Crippen LogP contribution in [-0.4, -0.2) is 16.4 Å². The molecule has 0 bridgehead atoms. The third-order valence-electron chi connectivity index (χ3n) is 5.58. The fraction of sp³-hybridized carbons (Fsp3) is 0.320. The third-order valence-corrected chi connectivity index (χ3v) is 6.33. The van der Waals surface area contributed by atoms with Crippen molar-refractivity contribution in [1.82, 2.24) is 9.88 Å². The van der Waals surface area contributed by atoms with Gasteiger partial charge in [-0.25, -0.2) is 4.98 Å². The minimum atomic E-state index is -0.132. The van der Waals surface area contributed by atoms with Gasteiger partial charge in [0.2, 0.25) is 0 Å². The Labute approximate surface area is 183 Å². The molecule has 0 N–H and O–H groups in total. The topological polar surface area (TPSA) is 16.1 Å². The van der Waals surface area contributed by atoms with E-state index in [1.54, 1.807) is 0 Å². The van der Waals surface area contributed by atoms with Crippen molar-refractivity contribution in [3.8, 4) is 0 Å². The average molecular weight is 425 g/mol. The van der Waals surface area contributed by atoms with E-state index in [1.807, 2.05) is 0 Å². The smallest absolute Gasteiger partial charge is 0.132 e. The van der Waals surface area contributed by atoms with Gasteiger partial charge < -0.3 is 0 Å². The Morgan fingerprint density at radius 3 is 2.14 bits per heavy atom. The first-order valence-corrected chi connectivity index (χ1v) is 11.1. The summed E-state index contributed by atoms with van der Waals surface area (Å²) >= 11 is 13.2. The van der Waals surface area contributed by atoms with Gasteiger partial charge in [-0.2, -0.15) is 0 Å². The summed E-state index contributed by atoms with van der Waals surface area (Å²) in [7, 11) is 0. The molecule has 0 spiro atoms. The molecule has 150 valence electrons. The van der Waals surface area contributed by atoms with E-state index in [9.17, 15) is 0 Å². The number of fused-ring (bicyclic) bond motifs is 1. The van der Waals surface area contributed by atoms with Crippen molar-refractivity contribution in [2.75, 3.05) is 6.54 Å². The Morgan fingerprint density at radius 1 is 0.897 bits per heavy atom. The number of pyridine rings is 1. The minimum Gasteiger partial charge on any atom is -0.295 e. The molecule has 1 heterocycles. The first-order chi connectivity index (χ1) is 14.2. The second-order valence-corrected chi connectivity index (χ2v) is 8.65. The van der Waals surface area contributed by atoms with E-state index in [-0.39, 0.29) is 5.38 Å². The molecule has 0 saturated heterocycles. The maximum atomic E-state index is 6.78. The number of nitrogens with zero attached hydrogens (tertiary/aromatic N) is 2. The monoisotopic (exact) mass is 424 g/mol. The molecule has 0 aliphatic heterocycles. The molecule has 1 aromatic heterocycles. The second-order valence-electron chi connectivity index (χ2n) is 7.77. The Morgan fingerprint density at radius 2 is 1.52 bits per heavy atom. The number of hydrogen-bond donors (Lipinski definition) is 0. The molecule has 3 aromatic rings. The molecule has 0 amide bonds. The highest BCUT2D eigenvalue weighted by atomic mass is 35.5. The van der Waals surface area contributed by atoms with Gasteiger partial charge in [0.15, 0.2) is 0 Å². The van der Waals surface area contributed by atoms with Gasteiger partial charge in [-0.3, -0.25) is 4.90 Å². The highest BCUT2D eigenvalue weighted by molar-refractivity contribution is 6.30. The van der Waals surface area contributed by atoms with Gasteiger partial charge in [-0.1, -0.05) is 72.3 Å².